The lowest BCUT2D eigenvalue weighted by Gasteiger charge is -2.14. The van der Waals surface area contributed by atoms with Gasteiger partial charge in [0.1, 0.15) is 5.75 Å². The maximum Gasteiger partial charge on any atom is 0.573 e. The van der Waals surface area contributed by atoms with Crippen LogP contribution in [-0.4, -0.2) is 44.7 Å². The Kier molecular flexibility index (Phi) is 7.56. The summed E-state index contributed by atoms with van der Waals surface area (Å²) >= 11 is 0. The van der Waals surface area contributed by atoms with Crippen LogP contribution in [0.4, 0.5) is 13.2 Å². The van der Waals surface area contributed by atoms with Gasteiger partial charge in [-0.15, -0.1) is 13.2 Å². The number of hydrogen-bond acceptors (Lipinski definition) is 3. The third-order valence-electron chi connectivity index (χ3n) is 3.92. The highest BCUT2D eigenvalue weighted by Crippen LogP contribution is 2.45. The molecule has 5 nitrogen and oxygen atoms in total. The molecule has 0 aliphatic heterocycles. The van der Waals surface area contributed by atoms with E-state index < -0.39 is 6.36 Å². The minimum Gasteiger partial charge on any atom is -0.405 e. The van der Waals surface area contributed by atoms with Gasteiger partial charge >= 0.3 is 6.36 Å². The van der Waals surface area contributed by atoms with Crippen molar-refractivity contribution in [2.75, 3.05) is 26.3 Å². The van der Waals surface area contributed by atoms with Gasteiger partial charge in [-0.3, -0.25) is 4.99 Å². The van der Waals surface area contributed by atoms with Crippen LogP contribution >= 0.6 is 0 Å². The van der Waals surface area contributed by atoms with Crippen LogP contribution in [0.5, 0.6) is 5.75 Å². The van der Waals surface area contributed by atoms with Crippen molar-refractivity contribution in [3.8, 4) is 5.75 Å². The molecule has 0 spiro atoms. The Bertz CT molecular complexity index is 593. The number of halogens is 3. The number of nitrogens with zero attached hydrogens (tertiary/aromatic N) is 1. The number of benzene rings is 1. The van der Waals surface area contributed by atoms with Crippen molar-refractivity contribution in [1.82, 2.24) is 10.6 Å². The van der Waals surface area contributed by atoms with Gasteiger partial charge in [0.2, 0.25) is 0 Å². The van der Waals surface area contributed by atoms with Gasteiger partial charge < -0.3 is 20.1 Å². The molecule has 146 valence electrons. The fourth-order valence-corrected chi connectivity index (χ4v) is 2.70. The molecule has 0 amide bonds. The summed E-state index contributed by atoms with van der Waals surface area (Å²) in [4.78, 5) is 4.48. The number of alkyl halides is 3. The number of para-hydroxylation sites is 1. The molecule has 2 unspecified atom stereocenters. The molecule has 1 aromatic rings. The molecule has 26 heavy (non-hydrogen) atoms. The predicted molar refractivity (Wildman–Crippen MR) is 94.5 cm³/mol. The van der Waals surface area contributed by atoms with E-state index in [-0.39, 0.29) is 17.7 Å². The average Bonchev–Trinajstić information content (AvgIpc) is 3.33. The summed E-state index contributed by atoms with van der Waals surface area (Å²) in [7, 11) is 0. The van der Waals surface area contributed by atoms with Crippen LogP contribution in [0.15, 0.2) is 29.3 Å². The van der Waals surface area contributed by atoms with E-state index >= 15 is 0 Å². The zero-order chi connectivity index (χ0) is 19.0. The van der Waals surface area contributed by atoms with Gasteiger partial charge in [-0.25, -0.2) is 0 Å². The molecule has 1 fully saturated rings. The van der Waals surface area contributed by atoms with E-state index in [1.165, 1.54) is 6.07 Å². The zero-order valence-corrected chi connectivity index (χ0v) is 15.1. The number of hydrogen-bond donors (Lipinski definition) is 2. The smallest absolute Gasteiger partial charge is 0.405 e. The second kappa shape index (κ2) is 9.66. The highest BCUT2D eigenvalue weighted by Gasteiger charge is 2.42. The molecular formula is C18H26F3N3O2. The summed E-state index contributed by atoms with van der Waals surface area (Å²) in [6, 6.07) is 6.34. The summed E-state index contributed by atoms with van der Waals surface area (Å²) in [5.74, 6) is 0.513. The van der Waals surface area contributed by atoms with Crippen molar-refractivity contribution in [3.63, 3.8) is 0 Å². The first kappa shape index (κ1) is 20.4. The summed E-state index contributed by atoms with van der Waals surface area (Å²) < 4.78 is 47.1. The average molecular weight is 373 g/mol. The molecule has 2 atom stereocenters. The lowest BCUT2D eigenvalue weighted by atomic mass is 10.1. The molecule has 2 rings (SSSR count). The molecule has 1 aliphatic rings. The third-order valence-corrected chi connectivity index (χ3v) is 3.92. The van der Waals surface area contributed by atoms with Crippen molar-refractivity contribution >= 4 is 5.96 Å². The van der Waals surface area contributed by atoms with E-state index in [4.69, 9.17) is 4.74 Å². The van der Waals surface area contributed by atoms with Gasteiger partial charge in [-0.1, -0.05) is 18.2 Å². The number of guanidine groups is 1. The van der Waals surface area contributed by atoms with Crippen molar-refractivity contribution in [1.29, 1.82) is 0 Å². The highest BCUT2D eigenvalue weighted by molar-refractivity contribution is 5.80. The number of rotatable bonds is 9. The van der Waals surface area contributed by atoms with Crippen LogP contribution in [0.1, 0.15) is 38.2 Å². The second-order valence-corrected chi connectivity index (χ2v) is 5.99. The van der Waals surface area contributed by atoms with E-state index in [0.717, 1.165) is 12.8 Å². The number of aliphatic imine (C=N–C) groups is 1. The topological polar surface area (TPSA) is 54.9 Å². The monoisotopic (exact) mass is 373 g/mol. The standard InChI is InChI=1S/C18H26F3N3O2/c1-3-22-17(23-10-7-11-25-4-2)24-15-12-14(15)13-8-5-6-9-16(13)26-18(19,20)21/h5-6,8-9,14-15H,3-4,7,10-12H2,1-2H3,(H2,22,23,24). The number of nitrogens with one attached hydrogen (secondary N) is 2. The summed E-state index contributed by atoms with van der Waals surface area (Å²) in [5.41, 5.74) is 0.564. The molecule has 8 heteroatoms. The fourth-order valence-electron chi connectivity index (χ4n) is 2.70. The summed E-state index contributed by atoms with van der Waals surface area (Å²) in [5, 5.41) is 6.44. The maximum atomic E-state index is 12.6. The van der Waals surface area contributed by atoms with Crippen molar-refractivity contribution in [3.05, 3.63) is 29.8 Å². The van der Waals surface area contributed by atoms with Gasteiger partial charge in [0, 0.05) is 38.3 Å². The van der Waals surface area contributed by atoms with Crippen LogP contribution in [-0.2, 0) is 4.74 Å². The van der Waals surface area contributed by atoms with Crippen LogP contribution in [0.25, 0.3) is 0 Å². The minimum absolute atomic E-state index is 0.0270. The predicted octanol–water partition coefficient (Wildman–Crippen LogP) is 3.42. The molecule has 1 saturated carbocycles. The Morgan fingerprint density at radius 2 is 2.04 bits per heavy atom. The van der Waals surface area contributed by atoms with Crippen LogP contribution in [0.2, 0.25) is 0 Å². The lowest BCUT2D eigenvalue weighted by Crippen LogP contribution is -2.39. The normalized spacial score (nSPS) is 20.0. The molecule has 0 bridgehead atoms. The first-order valence-electron chi connectivity index (χ1n) is 8.91. The van der Waals surface area contributed by atoms with E-state index in [1.807, 2.05) is 13.8 Å². The zero-order valence-electron chi connectivity index (χ0n) is 15.1. The summed E-state index contributed by atoms with van der Waals surface area (Å²) in [6.45, 7) is 6.60. The summed E-state index contributed by atoms with van der Waals surface area (Å²) in [6.07, 6.45) is -3.13. The van der Waals surface area contributed by atoms with Gasteiger partial charge in [0.15, 0.2) is 5.96 Å². The molecule has 0 heterocycles. The SMILES string of the molecule is CCNC(=NCCCOCC)NC1CC1c1ccccc1OC(F)(F)F. The van der Waals surface area contributed by atoms with E-state index in [1.54, 1.807) is 18.2 Å². The van der Waals surface area contributed by atoms with E-state index in [9.17, 15) is 13.2 Å². The molecule has 1 aromatic carbocycles. The molecule has 0 saturated heterocycles. The van der Waals surface area contributed by atoms with Crippen LogP contribution in [0, 0.1) is 0 Å². The Labute approximate surface area is 152 Å². The van der Waals surface area contributed by atoms with Crippen LogP contribution < -0.4 is 15.4 Å². The Hall–Kier alpha value is -1.96. The molecule has 0 radical (unpaired) electrons. The van der Waals surface area contributed by atoms with E-state index in [0.29, 0.717) is 37.8 Å². The van der Waals surface area contributed by atoms with Gasteiger partial charge in [0.05, 0.1) is 0 Å². The largest absolute Gasteiger partial charge is 0.573 e. The highest BCUT2D eigenvalue weighted by atomic mass is 19.4. The minimum atomic E-state index is -4.69. The third kappa shape index (κ3) is 6.74. The van der Waals surface area contributed by atoms with Crippen LogP contribution in [0.3, 0.4) is 0 Å². The van der Waals surface area contributed by atoms with Gasteiger partial charge in [0.25, 0.3) is 0 Å². The quantitative estimate of drug-likeness (QED) is 0.396. The first-order chi connectivity index (χ1) is 12.4. The Balaban J connectivity index is 1.93. The van der Waals surface area contributed by atoms with Gasteiger partial charge in [-0.2, -0.15) is 0 Å². The first-order valence-corrected chi connectivity index (χ1v) is 8.91. The Morgan fingerprint density at radius 3 is 2.73 bits per heavy atom. The Morgan fingerprint density at radius 1 is 1.27 bits per heavy atom. The molecule has 2 N–H and O–H groups in total. The van der Waals surface area contributed by atoms with Gasteiger partial charge in [-0.05, 0) is 38.3 Å². The number of ether oxygens (including phenoxy) is 2. The fraction of sp³-hybridized carbons (Fsp3) is 0.611. The van der Waals surface area contributed by atoms with Crippen molar-refractivity contribution in [2.24, 2.45) is 4.99 Å². The lowest BCUT2D eigenvalue weighted by molar-refractivity contribution is -0.274. The molecule has 0 aromatic heterocycles. The van der Waals surface area contributed by atoms with E-state index in [2.05, 4.69) is 20.4 Å². The van der Waals surface area contributed by atoms with Crippen molar-refractivity contribution in [2.45, 2.75) is 45.0 Å². The molecule has 1 aliphatic carbocycles. The maximum absolute atomic E-state index is 12.6. The second-order valence-electron chi connectivity index (χ2n) is 5.99. The molecular weight excluding hydrogens is 347 g/mol. The van der Waals surface area contributed by atoms with Crippen molar-refractivity contribution < 1.29 is 22.6 Å².